The lowest BCUT2D eigenvalue weighted by Gasteiger charge is -2.27. The lowest BCUT2D eigenvalue weighted by Crippen LogP contribution is -2.31. The van der Waals surface area contributed by atoms with Gasteiger partial charge in [0.2, 0.25) is 0 Å². The Labute approximate surface area is 199 Å². The summed E-state index contributed by atoms with van der Waals surface area (Å²) in [7, 11) is 3.17. The summed E-state index contributed by atoms with van der Waals surface area (Å²) in [5.41, 5.74) is 4.16. The summed E-state index contributed by atoms with van der Waals surface area (Å²) in [4.78, 5) is 15.3. The number of ether oxygens (including phenoxy) is 3. The maximum absolute atomic E-state index is 13.5. The molecule has 0 aliphatic carbocycles. The van der Waals surface area contributed by atoms with Crippen molar-refractivity contribution in [1.82, 2.24) is 15.1 Å². The van der Waals surface area contributed by atoms with Crippen molar-refractivity contribution in [3.8, 4) is 28.5 Å². The molecule has 1 unspecified atom stereocenters. The van der Waals surface area contributed by atoms with Crippen molar-refractivity contribution in [1.29, 1.82) is 0 Å². The molecule has 4 rings (SSSR count). The van der Waals surface area contributed by atoms with Crippen LogP contribution in [-0.4, -0.2) is 59.6 Å². The van der Waals surface area contributed by atoms with Crippen LogP contribution in [-0.2, 0) is 4.74 Å². The average molecular weight is 466 g/mol. The molecule has 0 radical (unpaired) electrons. The van der Waals surface area contributed by atoms with E-state index in [1.54, 1.807) is 20.3 Å². The van der Waals surface area contributed by atoms with Crippen LogP contribution >= 0.6 is 0 Å². The van der Waals surface area contributed by atoms with E-state index in [1.165, 1.54) is 0 Å². The van der Waals surface area contributed by atoms with E-state index in [9.17, 15) is 9.90 Å². The van der Waals surface area contributed by atoms with Crippen molar-refractivity contribution in [2.45, 2.75) is 39.3 Å². The molecule has 1 aliphatic rings. The minimum absolute atomic E-state index is 0.113. The van der Waals surface area contributed by atoms with Gasteiger partial charge >= 0.3 is 0 Å². The smallest absolute Gasteiger partial charge is 0.273 e. The van der Waals surface area contributed by atoms with Gasteiger partial charge in [-0.05, 0) is 57.0 Å². The highest BCUT2D eigenvalue weighted by Crippen LogP contribution is 2.46. The topological polar surface area (TPSA) is 96.9 Å². The van der Waals surface area contributed by atoms with E-state index in [2.05, 4.69) is 10.2 Å². The SMILES string of the molecule is COc1ccc(C2c3c(-c4cc(C)ccc4O)n[nH]c3C(=O)N2CCCOC(C)C)cc1OC. The van der Waals surface area contributed by atoms with E-state index in [0.29, 0.717) is 48.0 Å². The van der Waals surface area contributed by atoms with E-state index in [1.807, 2.05) is 56.0 Å². The second-order valence-electron chi connectivity index (χ2n) is 8.67. The number of nitrogens with one attached hydrogen (secondary N) is 1. The molecule has 0 fully saturated rings. The summed E-state index contributed by atoms with van der Waals surface area (Å²) in [6.07, 6.45) is 0.819. The Morgan fingerprint density at radius 1 is 1.12 bits per heavy atom. The predicted molar refractivity (Wildman–Crippen MR) is 129 cm³/mol. The fourth-order valence-corrected chi connectivity index (χ4v) is 4.40. The van der Waals surface area contributed by atoms with E-state index >= 15 is 0 Å². The first kappa shape index (κ1) is 23.6. The molecule has 2 heterocycles. The molecule has 0 spiro atoms. The number of hydrogen-bond acceptors (Lipinski definition) is 6. The number of carbonyl (C=O) groups is 1. The molecule has 8 nitrogen and oxygen atoms in total. The molecule has 2 aromatic carbocycles. The number of fused-ring (bicyclic) bond motifs is 1. The third-order valence-corrected chi connectivity index (χ3v) is 5.99. The largest absolute Gasteiger partial charge is 0.507 e. The van der Waals surface area contributed by atoms with Crippen LogP contribution < -0.4 is 9.47 Å². The second kappa shape index (κ2) is 9.77. The van der Waals surface area contributed by atoms with E-state index in [0.717, 1.165) is 16.7 Å². The normalized spacial score (nSPS) is 15.2. The number of phenolic OH excluding ortho intramolecular Hbond substituents is 1. The number of benzene rings is 2. The number of aromatic hydroxyl groups is 1. The zero-order valence-corrected chi connectivity index (χ0v) is 20.2. The number of hydrogen-bond donors (Lipinski definition) is 2. The number of aromatic nitrogens is 2. The van der Waals surface area contributed by atoms with Crippen LogP contribution in [0, 0.1) is 6.92 Å². The minimum atomic E-state index is -0.407. The van der Waals surface area contributed by atoms with Crippen molar-refractivity contribution in [3.63, 3.8) is 0 Å². The molecule has 34 heavy (non-hydrogen) atoms. The number of H-pyrrole nitrogens is 1. The molecule has 1 amide bonds. The molecular weight excluding hydrogens is 434 g/mol. The van der Waals surface area contributed by atoms with Gasteiger partial charge in [0.05, 0.1) is 26.4 Å². The molecule has 0 saturated heterocycles. The third kappa shape index (κ3) is 4.33. The first-order chi connectivity index (χ1) is 16.3. The Morgan fingerprint density at radius 2 is 1.88 bits per heavy atom. The Balaban J connectivity index is 1.81. The highest BCUT2D eigenvalue weighted by atomic mass is 16.5. The van der Waals surface area contributed by atoms with Gasteiger partial charge < -0.3 is 24.2 Å². The molecular formula is C26H31N3O5. The first-order valence-electron chi connectivity index (χ1n) is 11.4. The summed E-state index contributed by atoms with van der Waals surface area (Å²) in [5, 5.41) is 18.0. The Hall–Kier alpha value is -3.52. The Morgan fingerprint density at radius 3 is 2.59 bits per heavy atom. The van der Waals surface area contributed by atoms with Gasteiger partial charge in [-0.1, -0.05) is 17.7 Å². The van der Waals surface area contributed by atoms with Gasteiger partial charge in [-0.15, -0.1) is 0 Å². The van der Waals surface area contributed by atoms with Crippen molar-refractivity contribution < 1.29 is 24.1 Å². The van der Waals surface area contributed by atoms with Gasteiger partial charge in [-0.25, -0.2) is 0 Å². The molecule has 1 aromatic heterocycles. The highest BCUT2D eigenvalue weighted by molar-refractivity contribution is 6.00. The molecule has 3 aromatic rings. The van der Waals surface area contributed by atoms with Crippen LogP contribution in [0.3, 0.4) is 0 Å². The summed E-state index contributed by atoms with van der Waals surface area (Å²) in [6, 6.07) is 10.6. The minimum Gasteiger partial charge on any atom is -0.507 e. The van der Waals surface area contributed by atoms with Gasteiger partial charge in [-0.2, -0.15) is 5.10 Å². The zero-order valence-electron chi connectivity index (χ0n) is 20.2. The number of aromatic amines is 1. The number of aryl methyl sites for hydroxylation is 1. The first-order valence-corrected chi connectivity index (χ1v) is 11.4. The lowest BCUT2D eigenvalue weighted by molar-refractivity contribution is 0.0601. The molecule has 1 atom stereocenters. The molecule has 1 aliphatic heterocycles. The van der Waals surface area contributed by atoms with Crippen LogP contribution in [0.15, 0.2) is 36.4 Å². The fourth-order valence-electron chi connectivity index (χ4n) is 4.40. The number of nitrogens with zero attached hydrogens (tertiary/aromatic N) is 2. The zero-order chi connectivity index (χ0) is 24.4. The van der Waals surface area contributed by atoms with Crippen molar-refractivity contribution in [3.05, 3.63) is 58.8 Å². The number of amides is 1. The molecule has 0 saturated carbocycles. The predicted octanol–water partition coefficient (Wildman–Crippen LogP) is 4.47. The fraction of sp³-hybridized carbons (Fsp3) is 0.385. The van der Waals surface area contributed by atoms with Crippen molar-refractivity contribution >= 4 is 5.91 Å². The lowest BCUT2D eigenvalue weighted by atomic mass is 9.94. The van der Waals surface area contributed by atoms with Gasteiger partial charge in [0.25, 0.3) is 5.91 Å². The Bertz CT molecular complexity index is 1190. The summed E-state index contributed by atoms with van der Waals surface area (Å²) >= 11 is 0. The van der Waals surface area contributed by atoms with Crippen molar-refractivity contribution in [2.75, 3.05) is 27.4 Å². The van der Waals surface area contributed by atoms with Crippen LogP contribution in [0.25, 0.3) is 11.3 Å². The van der Waals surface area contributed by atoms with Crippen molar-refractivity contribution in [2.24, 2.45) is 0 Å². The monoisotopic (exact) mass is 465 g/mol. The number of rotatable bonds is 9. The van der Waals surface area contributed by atoms with Gasteiger partial charge in [0, 0.05) is 24.3 Å². The summed E-state index contributed by atoms with van der Waals surface area (Å²) in [6.45, 7) is 6.99. The standard InChI is InChI=1S/C26H31N3O5/c1-15(2)34-12-6-11-29-25(17-8-10-20(32-4)21(14-17)33-5)22-23(27-28-24(22)26(29)31)18-13-16(3)7-9-19(18)30/h7-10,13-15,25,30H,6,11-12H2,1-5H3,(H,27,28). The second-order valence-corrected chi connectivity index (χ2v) is 8.67. The molecule has 2 N–H and O–H groups in total. The van der Waals surface area contributed by atoms with Gasteiger partial charge in [-0.3, -0.25) is 9.89 Å². The van der Waals surface area contributed by atoms with Gasteiger partial charge in [0.15, 0.2) is 11.5 Å². The maximum atomic E-state index is 13.5. The van der Waals surface area contributed by atoms with Crippen LogP contribution in [0.5, 0.6) is 17.2 Å². The summed E-state index contributed by atoms with van der Waals surface area (Å²) in [5.74, 6) is 1.16. The Kier molecular flexibility index (Phi) is 6.79. The van der Waals surface area contributed by atoms with E-state index in [-0.39, 0.29) is 17.8 Å². The van der Waals surface area contributed by atoms with Crippen LogP contribution in [0.2, 0.25) is 0 Å². The van der Waals surface area contributed by atoms with E-state index < -0.39 is 6.04 Å². The number of carbonyl (C=O) groups excluding carboxylic acids is 1. The maximum Gasteiger partial charge on any atom is 0.273 e. The average Bonchev–Trinajstić information content (AvgIpc) is 3.36. The molecule has 8 heteroatoms. The highest BCUT2D eigenvalue weighted by Gasteiger charge is 2.42. The molecule has 0 bridgehead atoms. The van der Waals surface area contributed by atoms with Crippen LogP contribution in [0.1, 0.15) is 53.5 Å². The number of methoxy groups -OCH3 is 2. The van der Waals surface area contributed by atoms with E-state index in [4.69, 9.17) is 14.2 Å². The number of phenols is 1. The van der Waals surface area contributed by atoms with Crippen LogP contribution in [0.4, 0.5) is 0 Å². The summed E-state index contributed by atoms with van der Waals surface area (Å²) < 4.78 is 16.6. The quantitative estimate of drug-likeness (QED) is 0.453. The van der Waals surface area contributed by atoms with Gasteiger partial charge in [0.1, 0.15) is 17.1 Å². The molecule has 180 valence electrons. The third-order valence-electron chi connectivity index (χ3n) is 5.99.